The van der Waals surface area contributed by atoms with E-state index in [0.29, 0.717) is 24.1 Å². The molecule has 1 aliphatic heterocycles. The largest absolute Gasteiger partial charge is 0.381 e. The normalized spacial score (nSPS) is 17.4. The molecule has 0 unspecified atom stereocenters. The van der Waals surface area contributed by atoms with Crippen LogP contribution in [0, 0.1) is 0 Å². The van der Waals surface area contributed by atoms with E-state index in [9.17, 15) is 0 Å². The van der Waals surface area contributed by atoms with Crippen molar-refractivity contribution < 1.29 is 9.26 Å². The van der Waals surface area contributed by atoms with Crippen LogP contribution in [0.15, 0.2) is 29.0 Å². The van der Waals surface area contributed by atoms with E-state index in [1.807, 2.05) is 12.1 Å². The van der Waals surface area contributed by atoms with E-state index >= 15 is 0 Å². The Morgan fingerprint density at radius 1 is 1.17 bits per heavy atom. The molecule has 0 aliphatic carbocycles. The maximum Gasteiger partial charge on any atom is 0.226 e. The van der Waals surface area contributed by atoms with Crippen molar-refractivity contribution in [2.75, 3.05) is 13.2 Å². The van der Waals surface area contributed by atoms with Crippen molar-refractivity contribution in [1.29, 1.82) is 0 Å². The summed E-state index contributed by atoms with van der Waals surface area (Å²) < 4.78 is 10.7. The molecule has 1 aliphatic rings. The van der Waals surface area contributed by atoms with Crippen LogP contribution < -0.4 is 0 Å². The van der Waals surface area contributed by atoms with Gasteiger partial charge in [0.2, 0.25) is 11.7 Å². The van der Waals surface area contributed by atoms with Crippen molar-refractivity contribution in [2.24, 2.45) is 0 Å². The number of nitrogens with one attached hydrogen (secondary N) is 1. The minimum atomic E-state index is 0.328. The third-order valence-electron chi connectivity index (χ3n) is 4.05. The smallest absolute Gasteiger partial charge is 0.226 e. The highest BCUT2D eigenvalue weighted by atomic mass is 16.5. The number of pyridine rings is 1. The lowest BCUT2D eigenvalue weighted by molar-refractivity contribution is 0.193. The molecule has 8 nitrogen and oxygen atoms in total. The molecule has 8 heteroatoms. The number of hydrogen-bond donors (Lipinski definition) is 1. The highest BCUT2D eigenvalue weighted by molar-refractivity contribution is 5.52. The molecule has 0 amide bonds. The van der Waals surface area contributed by atoms with Gasteiger partial charge in [0.25, 0.3) is 0 Å². The van der Waals surface area contributed by atoms with Crippen LogP contribution in [0.25, 0.3) is 11.4 Å². The van der Waals surface area contributed by atoms with Crippen LogP contribution in [0.2, 0.25) is 0 Å². The van der Waals surface area contributed by atoms with Gasteiger partial charge in [-0.3, -0.25) is 10.1 Å². The zero-order chi connectivity index (χ0) is 16.2. The second-order valence-electron chi connectivity index (χ2n) is 5.80. The van der Waals surface area contributed by atoms with E-state index in [-0.39, 0.29) is 0 Å². The molecule has 0 spiro atoms. The second kappa shape index (κ2) is 6.88. The number of rotatable bonds is 6. The third kappa shape index (κ3) is 3.33. The molecule has 0 bridgehead atoms. The highest BCUT2D eigenvalue weighted by Gasteiger charge is 2.21. The lowest BCUT2D eigenvalue weighted by Crippen LogP contribution is -2.00. The van der Waals surface area contributed by atoms with Gasteiger partial charge in [-0.2, -0.15) is 10.1 Å². The molecule has 1 fully saturated rings. The molecular formula is C16H18N6O2. The number of nitrogens with zero attached hydrogens (tertiary/aromatic N) is 5. The molecule has 1 saturated heterocycles. The van der Waals surface area contributed by atoms with E-state index in [1.165, 1.54) is 0 Å². The summed E-state index contributed by atoms with van der Waals surface area (Å²) in [5, 5.41) is 11.3. The Kier molecular flexibility index (Phi) is 4.28. The van der Waals surface area contributed by atoms with Gasteiger partial charge >= 0.3 is 0 Å². The lowest BCUT2D eigenvalue weighted by Gasteiger charge is -1.99. The first-order valence-electron chi connectivity index (χ1n) is 8.10. The minimum absolute atomic E-state index is 0.328. The zero-order valence-corrected chi connectivity index (χ0v) is 13.2. The monoisotopic (exact) mass is 326 g/mol. The van der Waals surface area contributed by atoms with Gasteiger partial charge in [-0.1, -0.05) is 5.16 Å². The Labute approximate surface area is 138 Å². The minimum Gasteiger partial charge on any atom is -0.381 e. The summed E-state index contributed by atoms with van der Waals surface area (Å²) in [6, 6.07) is 3.72. The van der Waals surface area contributed by atoms with Crippen LogP contribution in [-0.4, -0.2) is 43.5 Å². The summed E-state index contributed by atoms with van der Waals surface area (Å²) in [5.74, 6) is 3.31. The Morgan fingerprint density at radius 3 is 2.92 bits per heavy atom. The maximum atomic E-state index is 5.37. The average molecular weight is 326 g/mol. The Bertz CT molecular complexity index is 779. The number of ether oxygens (including phenoxy) is 1. The van der Waals surface area contributed by atoms with E-state index in [2.05, 4.69) is 30.3 Å². The van der Waals surface area contributed by atoms with Gasteiger partial charge in [0.1, 0.15) is 5.82 Å². The fraction of sp³-hybridized carbons (Fsp3) is 0.438. The SMILES string of the molecule is c1cc(-c2noc(CCCc3nc([C@@H]4CCOC4)n[nH]3)n2)ccn1. The Hall–Kier alpha value is -2.61. The van der Waals surface area contributed by atoms with Crippen LogP contribution in [0.3, 0.4) is 0 Å². The highest BCUT2D eigenvalue weighted by Crippen LogP contribution is 2.22. The van der Waals surface area contributed by atoms with Crippen molar-refractivity contribution in [3.63, 3.8) is 0 Å². The molecule has 3 aromatic heterocycles. The van der Waals surface area contributed by atoms with Crippen molar-refractivity contribution >= 4 is 0 Å². The Morgan fingerprint density at radius 2 is 2.08 bits per heavy atom. The first-order valence-corrected chi connectivity index (χ1v) is 8.10. The molecule has 24 heavy (non-hydrogen) atoms. The molecule has 0 aromatic carbocycles. The fourth-order valence-electron chi connectivity index (χ4n) is 2.72. The molecule has 4 heterocycles. The van der Waals surface area contributed by atoms with Gasteiger partial charge in [0.15, 0.2) is 5.82 Å². The van der Waals surface area contributed by atoms with E-state index < -0.39 is 0 Å². The molecule has 1 N–H and O–H groups in total. The number of aromatic amines is 1. The summed E-state index contributed by atoms with van der Waals surface area (Å²) in [5.41, 5.74) is 0.902. The fourth-order valence-corrected chi connectivity index (χ4v) is 2.72. The number of H-pyrrole nitrogens is 1. The number of aromatic nitrogens is 6. The summed E-state index contributed by atoms with van der Waals surface area (Å²) in [7, 11) is 0. The van der Waals surface area contributed by atoms with Gasteiger partial charge in [0.05, 0.1) is 6.61 Å². The van der Waals surface area contributed by atoms with E-state index in [4.69, 9.17) is 9.26 Å². The predicted molar refractivity (Wildman–Crippen MR) is 84.1 cm³/mol. The summed E-state index contributed by atoms with van der Waals surface area (Å²) >= 11 is 0. The molecular weight excluding hydrogens is 308 g/mol. The maximum absolute atomic E-state index is 5.37. The van der Waals surface area contributed by atoms with Crippen molar-refractivity contribution in [2.45, 2.75) is 31.6 Å². The second-order valence-corrected chi connectivity index (χ2v) is 5.80. The molecule has 0 radical (unpaired) electrons. The van der Waals surface area contributed by atoms with E-state index in [1.54, 1.807) is 12.4 Å². The topological polar surface area (TPSA) is 103 Å². The Balaban J connectivity index is 1.31. The van der Waals surface area contributed by atoms with Crippen LogP contribution >= 0.6 is 0 Å². The predicted octanol–water partition coefficient (Wildman–Crippen LogP) is 1.93. The average Bonchev–Trinajstić information content (AvgIpc) is 3.37. The molecule has 124 valence electrons. The van der Waals surface area contributed by atoms with Crippen LogP contribution in [0.4, 0.5) is 0 Å². The lowest BCUT2D eigenvalue weighted by atomic mass is 10.1. The van der Waals surface area contributed by atoms with Gasteiger partial charge in [-0.25, -0.2) is 4.98 Å². The molecule has 1 atom stereocenters. The number of hydrogen-bond acceptors (Lipinski definition) is 7. The molecule has 4 rings (SSSR count). The number of aryl methyl sites for hydroxylation is 2. The van der Waals surface area contributed by atoms with Gasteiger partial charge in [-0.15, -0.1) is 0 Å². The molecule has 0 saturated carbocycles. The van der Waals surface area contributed by atoms with Crippen LogP contribution in [-0.2, 0) is 17.6 Å². The van der Waals surface area contributed by atoms with Gasteiger partial charge in [-0.05, 0) is 25.0 Å². The summed E-state index contributed by atoms with van der Waals surface area (Å²) in [4.78, 5) is 12.9. The van der Waals surface area contributed by atoms with Crippen LogP contribution in [0.1, 0.15) is 36.3 Å². The first kappa shape index (κ1) is 14.9. The summed E-state index contributed by atoms with van der Waals surface area (Å²) in [6.07, 6.45) is 6.80. The first-order chi connectivity index (χ1) is 11.9. The van der Waals surface area contributed by atoms with Crippen LogP contribution in [0.5, 0.6) is 0 Å². The van der Waals surface area contributed by atoms with Crippen molar-refractivity contribution in [3.8, 4) is 11.4 Å². The van der Waals surface area contributed by atoms with Crippen molar-refractivity contribution in [3.05, 3.63) is 42.1 Å². The zero-order valence-electron chi connectivity index (χ0n) is 13.2. The molecule has 3 aromatic rings. The van der Waals surface area contributed by atoms with E-state index in [0.717, 1.165) is 49.7 Å². The van der Waals surface area contributed by atoms with Gasteiger partial charge < -0.3 is 9.26 Å². The standard InChI is InChI=1S/C16H18N6O2/c1(2-13-18-15(21-20-13)12-6-9-23-10-12)3-14-19-16(22-24-14)11-4-7-17-8-5-11/h4-5,7-8,12H,1-3,6,9-10H2,(H,18,20,21)/t12-/m1/s1. The van der Waals surface area contributed by atoms with Gasteiger partial charge in [0, 0.05) is 43.3 Å². The van der Waals surface area contributed by atoms with Crippen molar-refractivity contribution in [1.82, 2.24) is 30.3 Å². The third-order valence-corrected chi connectivity index (χ3v) is 4.05. The summed E-state index contributed by atoms with van der Waals surface area (Å²) in [6.45, 7) is 1.52. The quantitative estimate of drug-likeness (QED) is 0.738.